The van der Waals surface area contributed by atoms with Gasteiger partial charge in [-0.3, -0.25) is 0 Å². The molecule has 0 bridgehead atoms. The zero-order valence-electron chi connectivity index (χ0n) is 14.5. The van der Waals surface area contributed by atoms with Gasteiger partial charge in [0.25, 0.3) is 0 Å². The third-order valence-electron chi connectivity index (χ3n) is 5.06. The molecule has 2 fully saturated rings. The highest BCUT2D eigenvalue weighted by molar-refractivity contribution is 6.62. The highest BCUT2D eigenvalue weighted by Crippen LogP contribution is 2.38. The second kappa shape index (κ2) is 6.19. The fourth-order valence-corrected chi connectivity index (χ4v) is 2.60. The summed E-state index contributed by atoms with van der Waals surface area (Å²) in [6.07, 6.45) is 2.99. The lowest BCUT2D eigenvalue weighted by molar-refractivity contribution is -0.0526. The van der Waals surface area contributed by atoms with E-state index in [1.165, 1.54) is 6.07 Å². The van der Waals surface area contributed by atoms with Crippen LogP contribution in [0.15, 0.2) is 18.2 Å². The van der Waals surface area contributed by atoms with Crippen molar-refractivity contribution >= 4 is 12.6 Å². The predicted molar refractivity (Wildman–Crippen MR) is 87.1 cm³/mol. The summed E-state index contributed by atoms with van der Waals surface area (Å²) in [4.78, 5) is 0. The molecule has 132 valence electrons. The van der Waals surface area contributed by atoms with Crippen molar-refractivity contribution in [3.63, 3.8) is 0 Å². The van der Waals surface area contributed by atoms with Crippen LogP contribution in [0.5, 0.6) is 11.5 Å². The van der Waals surface area contributed by atoms with Gasteiger partial charge in [0.1, 0.15) is 0 Å². The van der Waals surface area contributed by atoms with Crippen LogP contribution in [0, 0.1) is 0 Å². The summed E-state index contributed by atoms with van der Waals surface area (Å²) in [6.45, 7) is 4.97. The maximum absolute atomic E-state index is 12.6. The van der Waals surface area contributed by atoms with Crippen LogP contribution in [0.4, 0.5) is 8.78 Å². The van der Waals surface area contributed by atoms with Gasteiger partial charge in [0.05, 0.1) is 17.3 Å². The van der Waals surface area contributed by atoms with E-state index in [4.69, 9.17) is 14.0 Å². The summed E-state index contributed by atoms with van der Waals surface area (Å²) >= 11 is 0. The first-order chi connectivity index (χ1) is 11.2. The molecule has 0 spiro atoms. The fourth-order valence-electron chi connectivity index (χ4n) is 2.60. The maximum atomic E-state index is 12.6. The summed E-state index contributed by atoms with van der Waals surface area (Å²) in [5.41, 5.74) is -0.208. The Morgan fingerprint density at radius 2 is 1.71 bits per heavy atom. The van der Waals surface area contributed by atoms with Gasteiger partial charge < -0.3 is 18.8 Å². The minimum Gasteiger partial charge on any atom is -0.487 e. The van der Waals surface area contributed by atoms with E-state index in [-0.39, 0.29) is 11.9 Å². The monoisotopic (exact) mass is 340 g/mol. The molecule has 1 aliphatic carbocycles. The minimum atomic E-state index is -2.89. The van der Waals surface area contributed by atoms with Gasteiger partial charge in [0.2, 0.25) is 0 Å². The Morgan fingerprint density at radius 1 is 1.08 bits per heavy atom. The van der Waals surface area contributed by atoms with Gasteiger partial charge in [-0.2, -0.15) is 8.78 Å². The predicted octanol–water partition coefficient (Wildman–Crippen LogP) is 3.52. The Balaban J connectivity index is 1.85. The summed E-state index contributed by atoms with van der Waals surface area (Å²) in [7, 11) is -0.570. The standard InChI is InChI=1S/C17H23BF2O4/c1-16(2)17(3,4)24-18(23-16)11-8-9-13(22-15(19)20)14(10-11)21-12-6-5-7-12/h8-10,12,15H,5-7H2,1-4H3. The summed E-state index contributed by atoms with van der Waals surface area (Å²) in [6, 6.07) is 4.84. The molecule has 0 amide bonds. The molecule has 0 atom stereocenters. The van der Waals surface area contributed by atoms with Crippen molar-refractivity contribution in [2.45, 2.75) is 70.9 Å². The molecule has 7 heteroatoms. The van der Waals surface area contributed by atoms with E-state index in [2.05, 4.69) is 4.74 Å². The molecule has 1 saturated heterocycles. The Morgan fingerprint density at radius 3 is 2.21 bits per heavy atom. The van der Waals surface area contributed by atoms with Gasteiger partial charge in [-0.05, 0) is 64.6 Å². The Labute approximate surface area is 141 Å². The average Bonchev–Trinajstić information content (AvgIpc) is 2.63. The lowest BCUT2D eigenvalue weighted by atomic mass is 9.79. The molecule has 1 aromatic rings. The molecule has 1 aliphatic heterocycles. The van der Waals surface area contributed by atoms with Crippen LogP contribution >= 0.6 is 0 Å². The molecular formula is C17H23BF2O4. The van der Waals surface area contributed by atoms with Gasteiger partial charge in [-0.25, -0.2) is 0 Å². The highest BCUT2D eigenvalue weighted by atomic mass is 19.3. The van der Waals surface area contributed by atoms with Crippen LogP contribution in [0.1, 0.15) is 47.0 Å². The summed E-state index contributed by atoms with van der Waals surface area (Å²) in [5.74, 6) is 0.351. The van der Waals surface area contributed by atoms with Crippen molar-refractivity contribution in [3.05, 3.63) is 18.2 Å². The third-order valence-corrected chi connectivity index (χ3v) is 5.06. The Bertz CT molecular complexity index is 586. The normalized spacial score (nSPS) is 22.5. The van der Waals surface area contributed by atoms with Crippen LogP contribution in [0.2, 0.25) is 0 Å². The van der Waals surface area contributed by atoms with E-state index < -0.39 is 24.9 Å². The first-order valence-electron chi connectivity index (χ1n) is 8.29. The lowest BCUT2D eigenvalue weighted by Crippen LogP contribution is -2.41. The van der Waals surface area contributed by atoms with Crippen molar-refractivity contribution in [1.82, 2.24) is 0 Å². The van der Waals surface area contributed by atoms with Crippen LogP contribution in [0.25, 0.3) is 0 Å². The van der Waals surface area contributed by atoms with E-state index in [1.807, 2.05) is 27.7 Å². The first-order valence-corrected chi connectivity index (χ1v) is 8.29. The van der Waals surface area contributed by atoms with Crippen molar-refractivity contribution in [2.75, 3.05) is 0 Å². The van der Waals surface area contributed by atoms with E-state index in [0.29, 0.717) is 5.75 Å². The molecule has 24 heavy (non-hydrogen) atoms. The van der Waals surface area contributed by atoms with Crippen LogP contribution in [-0.2, 0) is 9.31 Å². The second-order valence-corrected chi connectivity index (χ2v) is 7.34. The quantitative estimate of drug-likeness (QED) is 0.769. The van der Waals surface area contributed by atoms with E-state index >= 15 is 0 Å². The van der Waals surface area contributed by atoms with Crippen molar-refractivity contribution in [3.8, 4) is 11.5 Å². The minimum absolute atomic E-state index is 0.0390. The van der Waals surface area contributed by atoms with E-state index in [0.717, 1.165) is 24.7 Å². The first kappa shape index (κ1) is 17.5. The Hall–Kier alpha value is -1.34. The fraction of sp³-hybridized carbons (Fsp3) is 0.647. The topological polar surface area (TPSA) is 36.9 Å². The molecule has 0 unspecified atom stereocenters. The van der Waals surface area contributed by atoms with Gasteiger partial charge in [0.15, 0.2) is 11.5 Å². The summed E-state index contributed by atoms with van der Waals surface area (Å²) < 4.78 is 47.6. The van der Waals surface area contributed by atoms with Gasteiger partial charge in [-0.1, -0.05) is 6.07 Å². The molecule has 0 aromatic heterocycles. The largest absolute Gasteiger partial charge is 0.494 e. The molecule has 2 aliphatic rings. The molecule has 1 saturated carbocycles. The molecule has 1 heterocycles. The van der Waals surface area contributed by atoms with Crippen LogP contribution < -0.4 is 14.9 Å². The number of ether oxygens (including phenoxy) is 2. The second-order valence-electron chi connectivity index (χ2n) is 7.34. The number of rotatable bonds is 5. The molecule has 3 rings (SSSR count). The smallest absolute Gasteiger partial charge is 0.487 e. The van der Waals surface area contributed by atoms with Crippen LogP contribution in [-0.4, -0.2) is 31.0 Å². The SMILES string of the molecule is CC1(C)OB(c2ccc(OC(F)F)c(OC3CCC3)c2)OC1(C)C. The number of alkyl halides is 2. The van der Waals surface area contributed by atoms with Gasteiger partial charge in [-0.15, -0.1) is 0 Å². The zero-order valence-corrected chi connectivity index (χ0v) is 14.5. The number of halogens is 2. The molecule has 0 radical (unpaired) electrons. The molecular weight excluding hydrogens is 317 g/mol. The average molecular weight is 340 g/mol. The maximum Gasteiger partial charge on any atom is 0.494 e. The lowest BCUT2D eigenvalue weighted by Gasteiger charge is -2.32. The number of hydrogen-bond donors (Lipinski definition) is 0. The summed E-state index contributed by atoms with van der Waals surface area (Å²) in [5, 5.41) is 0. The Kier molecular flexibility index (Phi) is 4.51. The van der Waals surface area contributed by atoms with E-state index in [1.54, 1.807) is 12.1 Å². The van der Waals surface area contributed by atoms with Gasteiger partial charge in [0, 0.05) is 0 Å². The molecule has 4 nitrogen and oxygen atoms in total. The van der Waals surface area contributed by atoms with E-state index in [9.17, 15) is 8.78 Å². The highest BCUT2D eigenvalue weighted by Gasteiger charge is 2.51. The number of hydrogen-bond acceptors (Lipinski definition) is 4. The van der Waals surface area contributed by atoms with Crippen molar-refractivity contribution in [2.24, 2.45) is 0 Å². The third kappa shape index (κ3) is 3.37. The zero-order chi connectivity index (χ0) is 17.5. The molecule has 1 aromatic carbocycles. The van der Waals surface area contributed by atoms with Gasteiger partial charge >= 0.3 is 13.7 Å². The molecule has 0 N–H and O–H groups in total. The van der Waals surface area contributed by atoms with Crippen LogP contribution in [0.3, 0.4) is 0 Å². The van der Waals surface area contributed by atoms with Crippen molar-refractivity contribution in [1.29, 1.82) is 0 Å². The van der Waals surface area contributed by atoms with Crippen molar-refractivity contribution < 1.29 is 27.6 Å². The number of benzene rings is 1.